The lowest BCUT2D eigenvalue weighted by molar-refractivity contribution is 0.481. The van der Waals surface area contributed by atoms with Crippen LogP contribution in [0.4, 0.5) is 0 Å². The molecule has 0 bridgehead atoms. The summed E-state index contributed by atoms with van der Waals surface area (Å²) in [5.74, 6) is 2.03. The number of benzene rings is 1. The Morgan fingerprint density at radius 1 is 1.16 bits per heavy atom. The molecule has 1 N–H and O–H groups in total. The summed E-state index contributed by atoms with van der Waals surface area (Å²) in [6.07, 6.45) is 3.17. The second-order valence-corrected chi connectivity index (χ2v) is 5.07. The summed E-state index contributed by atoms with van der Waals surface area (Å²) in [7, 11) is 1.98. The lowest BCUT2D eigenvalue weighted by atomic mass is 10.0. The molecule has 0 fully saturated rings. The van der Waals surface area contributed by atoms with Crippen LogP contribution in [0.3, 0.4) is 0 Å². The molecule has 2 rings (SSSR count). The molecule has 1 aromatic carbocycles. The van der Waals surface area contributed by atoms with Crippen LogP contribution in [-0.4, -0.2) is 13.1 Å². The molecule has 0 aliphatic rings. The fourth-order valence-corrected chi connectivity index (χ4v) is 2.28. The second-order valence-electron chi connectivity index (χ2n) is 5.07. The van der Waals surface area contributed by atoms with Crippen LogP contribution in [0.15, 0.2) is 40.8 Å². The van der Waals surface area contributed by atoms with E-state index in [1.807, 2.05) is 7.05 Å². The largest absolute Gasteiger partial charge is 0.461 e. The van der Waals surface area contributed by atoms with Crippen molar-refractivity contribution in [1.82, 2.24) is 5.32 Å². The van der Waals surface area contributed by atoms with E-state index in [4.69, 9.17) is 4.42 Å². The Balaban J connectivity index is 2.22. The Bertz CT molecular complexity index is 515. The normalized spacial score (nSPS) is 12.6. The minimum absolute atomic E-state index is 0.435. The summed E-state index contributed by atoms with van der Waals surface area (Å²) in [6.45, 7) is 4.37. The van der Waals surface area contributed by atoms with Crippen LogP contribution in [0, 0.1) is 0 Å². The molecule has 0 radical (unpaired) electrons. The molecule has 0 aliphatic heterocycles. The van der Waals surface area contributed by atoms with Crippen LogP contribution < -0.4 is 5.32 Å². The van der Waals surface area contributed by atoms with Crippen LogP contribution in [0.1, 0.15) is 31.6 Å². The van der Waals surface area contributed by atoms with Crippen molar-refractivity contribution >= 4 is 0 Å². The van der Waals surface area contributed by atoms with E-state index in [0.717, 1.165) is 30.8 Å². The summed E-state index contributed by atoms with van der Waals surface area (Å²) >= 11 is 0. The molecule has 2 nitrogen and oxygen atoms in total. The van der Waals surface area contributed by atoms with Gasteiger partial charge in [0.05, 0.1) is 0 Å². The first kappa shape index (κ1) is 13.9. The van der Waals surface area contributed by atoms with Crippen LogP contribution in [-0.2, 0) is 12.8 Å². The third kappa shape index (κ3) is 3.48. The SMILES string of the molecule is CCCc1ccccc1-c1ccc(CC(C)NC)o1. The first-order valence-electron chi connectivity index (χ1n) is 7.08. The molecular formula is C17H23NO. The molecule has 19 heavy (non-hydrogen) atoms. The number of hydrogen-bond acceptors (Lipinski definition) is 2. The van der Waals surface area contributed by atoms with Crippen LogP contribution in [0.2, 0.25) is 0 Å². The minimum Gasteiger partial charge on any atom is -0.461 e. The quantitative estimate of drug-likeness (QED) is 0.844. The minimum atomic E-state index is 0.435. The van der Waals surface area contributed by atoms with Crippen molar-refractivity contribution in [1.29, 1.82) is 0 Å². The summed E-state index contributed by atoms with van der Waals surface area (Å²) in [6, 6.07) is 13.1. The lowest BCUT2D eigenvalue weighted by Gasteiger charge is -2.08. The summed E-state index contributed by atoms with van der Waals surface area (Å²) in [5, 5.41) is 3.23. The van der Waals surface area contributed by atoms with E-state index in [1.165, 1.54) is 11.1 Å². The number of furan rings is 1. The van der Waals surface area contributed by atoms with E-state index in [9.17, 15) is 0 Å². The molecule has 2 aromatic rings. The van der Waals surface area contributed by atoms with Gasteiger partial charge in [0.2, 0.25) is 0 Å². The van der Waals surface area contributed by atoms with Gasteiger partial charge < -0.3 is 9.73 Å². The maximum Gasteiger partial charge on any atom is 0.134 e. The Kier molecular flexibility index (Phi) is 4.80. The van der Waals surface area contributed by atoms with Crippen LogP contribution in [0.25, 0.3) is 11.3 Å². The van der Waals surface area contributed by atoms with E-state index in [2.05, 4.69) is 55.6 Å². The van der Waals surface area contributed by atoms with Gasteiger partial charge in [-0.15, -0.1) is 0 Å². The second kappa shape index (κ2) is 6.58. The van der Waals surface area contributed by atoms with Crippen molar-refractivity contribution in [3.8, 4) is 11.3 Å². The summed E-state index contributed by atoms with van der Waals surface area (Å²) < 4.78 is 5.99. The van der Waals surface area contributed by atoms with Crippen LogP contribution >= 0.6 is 0 Å². The van der Waals surface area contributed by atoms with Crippen LogP contribution in [0.5, 0.6) is 0 Å². The summed E-state index contributed by atoms with van der Waals surface area (Å²) in [5.41, 5.74) is 2.60. The van der Waals surface area contributed by atoms with E-state index in [0.29, 0.717) is 6.04 Å². The standard InChI is InChI=1S/C17H23NO/c1-4-7-14-8-5-6-9-16(14)17-11-10-15(19-17)12-13(2)18-3/h5-6,8-11,13,18H,4,7,12H2,1-3H3. The van der Waals surface area contributed by atoms with Gasteiger partial charge in [-0.3, -0.25) is 0 Å². The average molecular weight is 257 g/mol. The molecule has 0 saturated carbocycles. The van der Waals surface area contributed by atoms with E-state index >= 15 is 0 Å². The maximum absolute atomic E-state index is 5.99. The van der Waals surface area contributed by atoms with Crippen molar-refractivity contribution in [2.75, 3.05) is 7.05 Å². The van der Waals surface area contributed by atoms with Gasteiger partial charge in [0.25, 0.3) is 0 Å². The predicted molar refractivity (Wildman–Crippen MR) is 80.4 cm³/mol. The van der Waals surface area contributed by atoms with E-state index in [1.54, 1.807) is 0 Å². The molecule has 1 aromatic heterocycles. The van der Waals surface area contributed by atoms with Crippen molar-refractivity contribution in [2.45, 2.75) is 39.2 Å². The third-order valence-electron chi connectivity index (χ3n) is 3.46. The molecule has 1 heterocycles. The third-order valence-corrected chi connectivity index (χ3v) is 3.46. The molecule has 0 aliphatic carbocycles. The van der Waals surface area contributed by atoms with E-state index in [-0.39, 0.29) is 0 Å². The molecule has 102 valence electrons. The van der Waals surface area contributed by atoms with Gasteiger partial charge in [-0.25, -0.2) is 0 Å². The smallest absolute Gasteiger partial charge is 0.134 e. The van der Waals surface area contributed by atoms with Crippen molar-refractivity contribution in [2.24, 2.45) is 0 Å². The molecule has 0 amide bonds. The number of aryl methyl sites for hydroxylation is 1. The number of nitrogens with one attached hydrogen (secondary N) is 1. The highest BCUT2D eigenvalue weighted by atomic mass is 16.3. The van der Waals surface area contributed by atoms with Gasteiger partial charge >= 0.3 is 0 Å². The first-order chi connectivity index (χ1) is 9.24. The number of likely N-dealkylation sites (N-methyl/N-ethyl adjacent to an activating group) is 1. The molecule has 1 atom stereocenters. The highest BCUT2D eigenvalue weighted by Crippen LogP contribution is 2.27. The van der Waals surface area contributed by atoms with Gasteiger partial charge in [0.15, 0.2) is 0 Å². The zero-order chi connectivity index (χ0) is 13.7. The van der Waals surface area contributed by atoms with Gasteiger partial charge in [-0.05, 0) is 38.1 Å². The molecule has 0 spiro atoms. The van der Waals surface area contributed by atoms with Crippen molar-refractivity contribution in [3.63, 3.8) is 0 Å². The molecule has 0 saturated heterocycles. The monoisotopic (exact) mass is 257 g/mol. The Hall–Kier alpha value is -1.54. The molecular weight excluding hydrogens is 234 g/mol. The number of hydrogen-bond donors (Lipinski definition) is 1. The van der Waals surface area contributed by atoms with Gasteiger partial charge in [-0.2, -0.15) is 0 Å². The highest BCUT2D eigenvalue weighted by molar-refractivity contribution is 5.62. The summed E-state index contributed by atoms with van der Waals surface area (Å²) in [4.78, 5) is 0. The Morgan fingerprint density at radius 2 is 1.95 bits per heavy atom. The topological polar surface area (TPSA) is 25.2 Å². The van der Waals surface area contributed by atoms with Crippen molar-refractivity contribution in [3.05, 3.63) is 47.7 Å². The Labute approximate surface area is 115 Å². The average Bonchev–Trinajstić information content (AvgIpc) is 2.88. The maximum atomic E-state index is 5.99. The van der Waals surface area contributed by atoms with Gasteiger partial charge in [0, 0.05) is 18.0 Å². The molecule has 1 unspecified atom stereocenters. The zero-order valence-electron chi connectivity index (χ0n) is 12.1. The van der Waals surface area contributed by atoms with Gasteiger partial charge in [-0.1, -0.05) is 37.6 Å². The predicted octanol–water partition coefficient (Wildman–Crippen LogP) is 4.05. The van der Waals surface area contributed by atoms with E-state index < -0.39 is 0 Å². The lowest BCUT2D eigenvalue weighted by Crippen LogP contribution is -2.23. The fraction of sp³-hybridized carbons (Fsp3) is 0.412. The number of rotatable bonds is 6. The highest BCUT2D eigenvalue weighted by Gasteiger charge is 2.10. The van der Waals surface area contributed by atoms with Gasteiger partial charge in [0.1, 0.15) is 11.5 Å². The zero-order valence-corrected chi connectivity index (χ0v) is 12.1. The Morgan fingerprint density at radius 3 is 2.68 bits per heavy atom. The molecule has 2 heteroatoms. The van der Waals surface area contributed by atoms with Crippen molar-refractivity contribution < 1.29 is 4.42 Å². The fourth-order valence-electron chi connectivity index (χ4n) is 2.28. The first-order valence-corrected chi connectivity index (χ1v) is 7.08.